The maximum atomic E-state index is 5.84. The molecule has 0 bridgehead atoms. The largest absolute Gasteiger partial charge is 0.448 e. The fourth-order valence-electron chi connectivity index (χ4n) is 1.41. The number of nitrogens with zero attached hydrogens (tertiary/aromatic N) is 1. The molecule has 78 valence electrons. The van der Waals surface area contributed by atoms with Gasteiger partial charge in [0, 0.05) is 17.7 Å². The summed E-state index contributed by atoms with van der Waals surface area (Å²) >= 11 is 0. The molecule has 3 heteroatoms. The Morgan fingerprint density at radius 1 is 1.40 bits per heavy atom. The van der Waals surface area contributed by atoms with Crippen LogP contribution in [0.3, 0.4) is 0 Å². The van der Waals surface area contributed by atoms with E-state index in [1.807, 2.05) is 32.0 Å². The van der Waals surface area contributed by atoms with Crippen LogP contribution in [-0.2, 0) is 6.42 Å². The first-order chi connectivity index (χ1) is 7.20. The lowest BCUT2D eigenvalue weighted by atomic mass is 10.1. The van der Waals surface area contributed by atoms with Crippen LogP contribution in [-0.4, -0.2) is 4.98 Å². The summed E-state index contributed by atoms with van der Waals surface area (Å²) in [4.78, 5) is 4.35. The average Bonchev–Trinajstić information content (AvgIpc) is 2.70. The molecule has 0 radical (unpaired) electrons. The highest BCUT2D eigenvalue weighted by molar-refractivity contribution is 5.65. The van der Waals surface area contributed by atoms with E-state index in [-0.39, 0.29) is 0 Å². The van der Waals surface area contributed by atoms with Gasteiger partial charge in [0.15, 0.2) is 5.89 Å². The molecule has 2 N–H and O–H groups in total. The molecule has 15 heavy (non-hydrogen) atoms. The van der Waals surface area contributed by atoms with Crippen molar-refractivity contribution in [3.8, 4) is 11.3 Å². The molecule has 1 aromatic heterocycles. The van der Waals surface area contributed by atoms with Crippen molar-refractivity contribution in [3.63, 3.8) is 0 Å². The third kappa shape index (κ3) is 1.86. The summed E-state index contributed by atoms with van der Waals surface area (Å²) in [5, 5.41) is 0. The second-order valence-corrected chi connectivity index (χ2v) is 3.55. The molecule has 0 spiro atoms. The number of rotatable bonds is 2. The number of nitrogen functional groups attached to an aromatic ring is 1. The quantitative estimate of drug-likeness (QED) is 0.762. The van der Waals surface area contributed by atoms with Crippen molar-refractivity contribution in [2.45, 2.75) is 20.3 Å². The topological polar surface area (TPSA) is 52.0 Å². The van der Waals surface area contributed by atoms with Gasteiger partial charge in [-0.2, -0.15) is 0 Å². The lowest BCUT2D eigenvalue weighted by Crippen LogP contribution is -1.90. The summed E-state index contributed by atoms with van der Waals surface area (Å²) < 4.78 is 5.29. The number of aryl methyl sites for hydroxylation is 2. The van der Waals surface area contributed by atoms with E-state index in [2.05, 4.69) is 4.98 Å². The Morgan fingerprint density at radius 3 is 2.80 bits per heavy atom. The molecule has 0 aliphatic heterocycles. The van der Waals surface area contributed by atoms with Gasteiger partial charge < -0.3 is 10.2 Å². The predicted octanol–water partition coefficient (Wildman–Crippen LogP) is 2.79. The smallest absolute Gasteiger partial charge is 0.194 e. The first-order valence-corrected chi connectivity index (χ1v) is 5.01. The second-order valence-electron chi connectivity index (χ2n) is 3.55. The van der Waals surface area contributed by atoms with Crippen molar-refractivity contribution in [2.24, 2.45) is 0 Å². The number of anilines is 1. The minimum Gasteiger partial charge on any atom is -0.448 e. The number of oxazole rings is 1. The van der Waals surface area contributed by atoms with Crippen LogP contribution in [0.4, 0.5) is 5.69 Å². The molecule has 0 unspecified atom stereocenters. The molecule has 0 saturated heterocycles. The number of benzene rings is 1. The molecule has 0 atom stereocenters. The van der Waals surface area contributed by atoms with Gasteiger partial charge in [0.1, 0.15) is 12.0 Å². The molecule has 1 aromatic carbocycles. The maximum absolute atomic E-state index is 5.84. The Labute approximate surface area is 88.9 Å². The zero-order valence-electron chi connectivity index (χ0n) is 8.95. The van der Waals surface area contributed by atoms with E-state index in [9.17, 15) is 0 Å². The van der Waals surface area contributed by atoms with E-state index in [1.165, 1.54) is 0 Å². The predicted molar refractivity (Wildman–Crippen MR) is 60.5 cm³/mol. The number of nitrogens with two attached hydrogens (primary N) is 1. The fraction of sp³-hybridized carbons (Fsp3) is 0.250. The van der Waals surface area contributed by atoms with E-state index in [4.69, 9.17) is 10.2 Å². The molecule has 1 heterocycles. The second kappa shape index (κ2) is 3.77. The molecule has 2 aromatic rings. The summed E-state index contributed by atoms with van der Waals surface area (Å²) in [6.45, 7) is 4.00. The van der Waals surface area contributed by atoms with Crippen molar-refractivity contribution < 1.29 is 4.42 Å². The third-order valence-electron chi connectivity index (χ3n) is 2.43. The highest BCUT2D eigenvalue weighted by Crippen LogP contribution is 2.23. The van der Waals surface area contributed by atoms with Crippen molar-refractivity contribution >= 4 is 5.69 Å². The zero-order valence-corrected chi connectivity index (χ0v) is 8.95. The van der Waals surface area contributed by atoms with Gasteiger partial charge in [-0.3, -0.25) is 0 Å². The third-order valence-corrected chi connectivity index (χ3v) is 2.43. The Kier molecular flexibility index (Phi) is 2.46. The van der Waals surface area contributed by atoms with Gasteiger partial charge in [-0.15, -0.1) is 0 Å². The van der Waals surface area contributed by atoms with Crippen LogP contribution in [0, 0.1) is 6.92 Å². The standard InChI is InChI=1S/C12H14N2O/c1-3-12-14-11(7-15-12)9-5-4-8(2)10(13)6-9/h4-7H,3,13H2,1-2H3. The van der Waals surface area contributed by atoms with Crippen LogP contribution in [0.25, 0.3) is 11.3 Å². The molecule has 0 saturated carbocycles. The Hall–Kier alpha value is -1.77. The molecule has 0 fully saturated rings. The van der Waals surface area contributed by atoms with E-state index in [0.29, 0.717) is 0 Å². The van der Waals surface area contributed by atoms with E-state index >= 15 is 0 Å². The van der Waals surface area contributed by atoms with Gasteiger partial charge in [-0.05, 0) is 18.6 Å². The maximum Gasteiger partial charge on any atom is 0.194 e. The van der Waals surface area contributed by atoms with Crippen molar-refractivity contribution in [1.82, 2.24) is 4.98 Å². The van der Waals surface area contributed by atoms with Crippen LogP contribution >= 0.6 is 0 Å². The van der Waals surface area contributed by atoms with E-state index in [1.54, 1.807) is 6.26 Å². The summed E-state index contributed by atoms with van der Waals surface area (Å²) in [7, 11) is 0. The molecular formula is C12H14N2O. The normalized spacial score (nSPS) is 10.5. The summed E-state index contributed by atoms with van der Waals surface area (Å²) in [6, 6.07) is 5.92. The monoisotopic (exact) mass is 202 g/mol. The Morgan fingerprint density at radius 2 is 2.20 bits per heavy atom. The number of hydrogen-bond donors (Lipinski definition) is 1. The van der Waals surface area contributed by atoms with Crippen molar-refractivity contribution in [1.29, 1.82) is 0 Å². The van der Waals surface area contributed by atoms with Crippen molar-refractivity contribution in [2.75, 3.05) is 5.73 Å². The Bertz CT molecular complexity index is 474. The highest BCUT2D eigenvalue weighted by atomic mass is 16.3. The molecular weight excluding hydrogens is 188 g/mol. The lowest BCUT2D eigenvalue weighted by Gasteiger charge is -2.01. The van der Waals surface area contributed by atoms with Gasteiger partial charge in [0.25, 0.3) is 0 Å². The van der Waals surface area contributed by atoms with Crippen LogP contribution in [0.2, 0.25) is 0 Å². The SMILES string of the molecule is CCc1nc(-c2ccc(C)c(N)c2)co1. The summed E-state index contributed by atoms with van der Waals surface area (Å²) in [5.41, 5.74) is 9.55. The molecule has 3 nitrogen and oxygen atoms in total. The minimum absolute atomic E-state index is 0.754. The van der Waals surface area contributed by atoms with Crippen LogP contribution in [0.5, 0.6) is 0 Å². The van der Waals surface area contributed by atoms with Gasteiger partial charge in [-0.25, -0.2) is 4.98 Å². The lowest BCUT2D eigenvalue weighted by molar-refractivity contribution is 0.502. The van der Waals surface area contributed by atoms with Gasteiger partial charge in [0.2, 0.25) is 0 Å². The van der Waals surface area contributed by atoms with Gasteiger partial charge in [0.05, 0.1) is 0 Å². The van der Waals surface area contributed by atoms with E-state index in [0.717, 1.165) is 34.8 Å². The first-order valence-electron chi connectivity index (χ1n) is 5.01. The van der Waals surface area contributed by atoms with Crippen LogP contribution in [0.15, 0.2) is 28.9 Å². The molecule has 0 aliphatic carbocycles. The van der Waals surface area contributed by atoms with Gasteiger partial charge >= 0.3 is 0 Å². The van der Waals surface area contributed by atoms with Gasteiger partial charge in [-0.1, -0.05) is 19.1 Å². The fourth-order valence-corrected chi connectivity index (χ4v) is 1.41. The minimum atomic E-state index is 0.754. The van der Waals surface area contributed by atoms with Crippen molar-refractivity contribution in [3.05, 3.63) is 35.9 Å². The number of aromatic nitrogens is 1. The summed E-state index contributed by atoms with van der Waals surface area (Å²) in [5.74, 6) is 0.754. The highest BCUT2D eigenvalue weighted by Gasteiger charge is 2.05. The Balaban J connectivity index is 2.40. The summed E-state index contributed by atoms with van der Waals surface area (Å²) in [6.07, 6.45) is 2.48. The molecule has 2 rings (SSSR count). The average molecular weight is 202 g/mol. The van der Waals surface area contributed by atoms with E-state index < -0.39 is 0 Å². The van der Waals surface area contributed by atoms with Crippen LogP contribution < -0.4 is 5.73 Å². The first kappa shape index (κ1) is 9.77. The molecule has 0 amide bonds. The molecule has 0 aliphatic rings. The number of hydrogen-bond acceptors (Lipinski definition) is 3. The zero-order chi connectivity index (χ0) is 10.8. The van der Waals surface area contributed by atoms with Crippen LogP contribution in [0.1, 0.15) is 18.4 Å².